The van der Waals surface area contributed by atoms with Crippen molar-refractivity contribution >= 4 is 0 Å². The summed E-state index contributed by atoms with van der Waals surface area (Å²) in [5, 5.41) is 0. The summed E-state index contributed by atoms with van der Waals surface area (Å²) < 4.78 is 0. The van der Waals surface area contributed by atoms with Crippen molar-refractivity contribution in [3.63, 3.8) is 0 Å². The van der Waals surface area contributed by atoms with E-state index in [2.05, 4.69) is 34.7 Å². The lowest BCUT2D eigenvalue weighted by Crippen LogP contribution is -3.24. The Balaban J connectivity index is 2.76. The first-order chi connectivity index (χ1) is 4.86. The molecule has 1 saturated heterocycles. The summed E-state index contributed by atoms with van der Waals surface area (Å²) in [7, 11) is 2.33. The van der Waals surface area contributed by atoms with E-state index in [1.54, 1.807) is 4.90 Å². The van der Waals surface area contributed by atoms with E-state index < -0.39 is 0 Å². The van der Waals surface area contributed by atoms with E-state index in [4.69, 9.17) is 0 Å². The van der Waals surface area contributed by atoms with Crippen LogP contribution in [-0.2, 0) is 0 Å². The van der Waals surface area contributed by atoms with Crippen LogP contribution in [-0.4, -0.2) is 18.1 Å². The van der Waals surface area contributed by atoms with E-state index in [0.29, 0.717) is 11.1 Å². The Labute approximate surface area is 70.8 Å². The van der Waals surface area contributed by atoms with E-state index in [-0.39, 0.29) is 0 Å². The number of nitrogens with one attached hydrogen (secondary N) is 1. The van der Waals surface area contributed by atoms with Crippen LogP contribution in [0.4, 0.5) is 0 Å². The summed E-state index contributed by atoms with van der Waals surface area (Å²) in [6, 6.07) is 0. The molecule has 0 aliphatic carbocycles. The molecule has 0 aromatic carbocycles. The molecule has 1 heteroatoms. The number of rotatable bonds is 0. The minimum Gasteiger partial charge on any atom is -0.329 e. The third-order valence-electron chi connectivity index (χ3n) is 3.63. The molecule has 0 spiro atoms. The summed E-state index contributed by atoms with van der Waals surface area (Å²) in [6.45, 7) is 9.51. The molecule has 1 aliphatic heterocycles. The van der Waals surface area contributed by atoms with Crippen molar-refractivity contribution in [2.24, 2.45) is 0 Å². The Kier molecular flexibility index (Phi) is 2.04. The van der Waals surface area contributed by atoms with Crippen LogP contribution in [0, 0.1) is 0 Å². The Hall–Kier alpha value is -0.0400. The number of hydrogen-bond donors (Lipinski definition) is 1. The predicted octanol–water partition coefficient (Wildman–Crippen LogP) is 1.24. The zero-order chi connectivity index (χ0) is 8.70. The molecule has 0 saturated carbocycles. The Morgan fingerprint density at radius 3 is 1.55 bits per heavy atom. The maximum atomic E-state index is 2.38. The maximum absolute atomic E-state index is 2.38. The van der Waals surface area contributed by atoms with Crippen molar-refractivity contribution in [3.8, 4) is 0 Å². The number of piperidine rings is 1. The van der Waals surface area contributed by atoms with Gasteiger partial charge in [0, 0.05) is 12.8 Å². The first-order valence-corrected chi connectivity index (χ1v) is 4.71. The highest BCUT2D eigenvalue weighted by Crippen LogP contribution is 2.22. The van der Waals surface area contributed by atoms with Crippen molar-refractivity contribution in [3.05, 3.63) is 0 Å². The average molecular weight is 156 g/mol. The molecule has 0 atom stereocenters. The quantitative estimate of drug-likeness (QED) is 0.538. The Morgan fingerprint density at radius 2 is 1.27 bits per heavy atom. The summed E-state index contributed by atoms with van der Waals surface area (Å²) in [5.41, 5.74) is 0.976. The van der Waals surface area contributed by atoms with Gasteiger partial charge in [0.05, 0.1) is 18.1 Å². The molecule has 1 fully saturated rings. The van der Waals surface area contributed by atoms with E-state index in [0.717, 1.165) is 0 Å². The van der Waals surface area contributed by atoms with E-state index in [9.17, 15) is 0 Å². The van der Waals surface area contributed by atoms with Gasteiger partial charge in [-0.1, -0.05) is 0 Å². The predicted molar refractivity (Wildman–Crippen MR) is 48.9 cm³/mol. The largest absolute Gasteiger partial charge is 0.329 e. The van der Waals surface area contributed by atoms with Crippen LogP contribution in [0.5, 0.6) is 0 Å². The summed E-state index contributed by atoms with van der Waals surface area (Å²) in [4.78, 5) is 1.69. The van der Waals surface area contributed by atoms with Gasteiger partial charge in [0.1, 0.15) is 0 Å². The van der Waals surface area contributed by atoms with Gasteiger partial charge in [-0.2, -0.15) is 0 Å². The topological polar surface area (TPSA) is 4.44 Å². The molecular weight excluding hydrogens is 134 g/mol. The minimum absolute atomic E-state index is 0.488. The second-order valence-electron chi connectivity index (χ2n) is 5.25. The first kappa shape index (κ1) is 9.05. The van der Waals surface area contributed by atoms with Gasteiger partial charge in [0.2, 0.25) is 0 Å². The molecule has 1 rings (SSSR count). The minimum atomic E-state index is 0.488. The van der Waals surface area contributed by atoms with Crippen LogP contribution in [0.3, 0.4) is 0 Å². The van der Waals surface area contributed by atoms with Crippen molar-refractivity contribution in [2.45, 2.75) is 58.0 Å². The molecule has 0 bridgehead atoms. The van der Waals surface area contributed by atoms with Crippen molar-refractivity contribution in [1.82, 2.24) is 0 Å². The van der Waals surface area contributed by atoms with Gasteiger partial charge >= 0.3 is 0 Å². The lowest BCUT2D eigenvalue weighted by Gasteiger charge is -2.47. The van der Waals surface area contributed by atoms with Gasteiger partial charge < -0.3 is 4.90 Å². The monoisotopic (exact) mass is 156 g/mol. The standard InChI is InChI=1S/C10H21N/c1-9(2)7-6-8-10(3,4)11(9)5/h6-8H2,1-5H3/p+1. The molecule has 0 unspecified atom stereocenters. The van der Waals surface area contributed by atoms with Gasteiger partial charge in [0.15, 0.2) is 0 Å². The SMILES string of the molecule is C[NH+]1C(C)(C)CCCC1(C)C. The molecular formula is C10H22N+. The normalized spacial score (nSPS) is 30.3. The highest BCUT2D eigenvalue weighted by atomic mass is 15.2. The van der Waals surface area contributed by atoms with Crippen LogP contribution in [0.2, 0.25) is 0 Å². The first-order valence-electron chi connectivity index (χ1n) is 4.71. The second-order valence-corrected chi connectivity index (χ2v) is 5.25. The number of hydrogen-bond acceptors (Lipinski definition) is 0. The third-order valence-corrected chi connectivity index (χ3v) is 3.63. The highest BCUT2D eigenvalue weighted by Gasteiger charge is 2.42. The van der Waals surface area contributed by atoms with Crippen molar-refractivity contribution < 1.29 is 4.90 Å². The highest BCUT2D eigenvalue weighted by molar-refractivity contribution is 4.79. The van der Waals surface area contributed by atoms with Crippen LogP contribution in [0.25, 0.3) is 0 Å². The molecule has 1 aliphatic rings. The zero-order valence-corrected chi connectivity index (χ0v) is 8.62. The summed E-state index contributed by atoms with van der Waals surface area (Å²) in [5.74, 6) is 0. The molecule has 11 heavy (non-hydrogen) atoms. The van der Waals surface area contributed by atoms with Crippen molar-refractivity contribution in [2.75, 3.05) is 7.05 Å². The molecule has 0 radical (unpaired) electrons. The zero-order valence-electron chi connectivity index (χ0n) is 8.62. The maximum Gasteiger partial charge on any atom is 0.0921 e. The smallest absolute Gasteiger partial charge is 0.0921 e. The van der Waals surface area contributed by atoms with Crippen LogP contribution in [0.15, 0.2) is 0 Å². The van der Waals surface area contributed by atoms with Gasteiger partial charge in [0.25, 0.3) is 0 Å². The van der Waals surface area contributed by atoms with Gasteiger partial charge in [-0.25, -0.2) is 0 Å². The molecule has 66 valence electrons. The Bertz CT molecular complexity index is 131. The second kappa shape index (κ2) is 2.48. The van der Waals surface area contributed by atoms with Crippen LogP contribution >= 0.6 is 0 Å². The molecule has 0 aromatic heterocycles. The van der Waals surface area contributed by atoms with E-state index in [1.807, 2.05) is 0 Å². The Morgan fingerprint density at radius 1 is 0.909 bits per heavy atom. The molecule has 0 aromatic rings. The van der Waals surface area contributed by atoms with Crippen LogP contribution in [0.1, 0.15) is 47.0 Å². The van der Waals surface area contributed by atoms with Gasteiger partial charge in [-0.15, -0.1) is 0 Å². The fourth-order valence-corrected chi connectivity index (χ4v) is 2.26. The summed E-state index contributed by atoms with van der Waals surface area (Å²) >= 11 is 0. The third kappa shape index (κ3) is 1.58. The van der Waals surface area contributed by atoms with E-state index >= 15 is 0 Å². The number of quaternary nitrogens is 1. The fourth-order valence-electron chi connectivity index (χ4n) is 2.26. The lowest BCUT2D eigenvalue weighted by molar-refractivity contribution is -0.982. The molecule has 1 N–H and O–H groups in total. The van der Waals surface area contributed by atoms with Crippen LogP contribution < -0.4 is 4.90 Å². The molecule has 1 nitrogen and oxygen atoms in total. The van der Waals surface area contributed by atoms with Gasteiger partial charge in [-0.05, 0) is 34.1 Å². The average Bonchev–Trinajstić information content (AvgIpc) is 1.82. The number of likely N-dealkylation sites (tertiary alicyclic amines) is 1. The van der Waals surface area contributed by atoms with Gasteiger partial charge in [-0.3, -0.25) is 0 Å². The van der Waals surface area contributed by atoms with E-state index in [1.165, 1.54) is 19.3 Å². The fraction of sp³-hybridized carbons (Fsp3) is 1.00. The lowest BCUT2D eigenvalue weighted by atomic mass is 9.80. The molecule has 0 amide bonds. The molecule has 1 heterocycles. The summed E-state index contributed by atoms with van der Waals surface area (Å²) in [6.07, 6.45) is 4.15. The van der Waals surface area contributed by atoms with Crippen molar-refractivity contribution in [1.29, 1.82) is 0 Å².